The molecule has 0 fully saturated rings. The third kappa shape index (κ3) is 4.50. The number of fused-ring (bicyclic) bond motifs is 1. The lowest BCUT2D eigenvalue weighted by Gasteiger charge is -2.09. The summed E-state index contributed by atoms with van der Waals surface area (Å²) in [5, 5.41) is 15.2. The molecule has 1 N–H and O–H groups in total. The van der Waals surface area contributed by atoms with Crippen LogP contribution in [0.3, 0.4) is 0 Å². The highest BCUT2D eigenvalue weighted by molar-refractivity contribution is 14.1. The molecule has 0 saturated heterocycles. The lowest BCUT2D eigenvalue weighted by molar-refractivity contribution is -0.384. The molecule has 3 rings (SSSR count). The lowest BCUT2D eigenvalue weighted by Crippen LogP contribution is -2.16. The molecule has 0 saturated carbocycles. The van der Waals surface area contributed by atoms with Gasteiger partial charge >= 0.3 is 5.91 Å². The van der Waals surface area contributed by atoms with Crippen molar-refractivity contribution in [3.05, 3.63) is 65.9 Å². The predicted molar refractivity (Wildman–Crippen MR) is 116 cm³/mol. The van der Waals surface area contributed by atoms with E-state index in [4.69, 9.17) is 9.15 Å². The summed E-state index contributed by atoms with van der Waals surface area (Å²) in [6.45, 7) is 2.46. The molecule has 28 heavy (non-hydrogen) atoms. The zero-order valence-electron chi connectivity index (χ0n) is 14.4. The van der Waals surface area contributed by atoms with E-state index in [2.05, 4.69) is 49.0 Å². The number of amides is 1. The first-order valence-corrected chi connectivity index (χ1v) is 9.89. The predicted octanol–water partition coefficient (Wildman–Crippen LogP) is 4.87. The third-order valence-corrected chi connectivity index (χ3v) is 5.01. The van der Waals surface area contributed by atoms with Crippen molar-refractivity contribution in [1.82, 2.24) is 5.43 Å². The number of ether oxygens (including phenoxy) is 1. The van der Waals surface area contributed by atoms with Gasteiger partial charge in [-0.05, 0) is 75.3 Å². The summed E-state index contributed by atoms with van der Waals surface area (Å²) >= 11 is 5.61. The van der Waals surface area contributed by atoms with Gasteiger partial charge in [0, 0.05) is 17.5 Å². The molecule has 3 aromatic rings. The molecule has 144 valence electrons. The summed E-state index contributed by atoms with van der Waals surface area (Å²) in [5.74, 6) is 0.200. The average molecular weight is 558 g/mol. The van der Waals surface area contributed by atoms with Crippen LogP contribution in [0.2, 0.25) is 0 Å². The standard InChI is InChI=1S/C18H13BrIN3O5/c1-2-27-17-13(19)5-10(6-14(17)20)9-21-22-18(24)16-8-11-7-12(23(25)26)3-4-15(11)28-16/h3-9H,2H2,1H3,(H,22,24)/b21-9+. The van der Waals surface area contributed by atoms with Crippen LogP contribution in [0.1, 0.15) is 23.0 Å². The van der Waals surface area contributed by atoms with Crippen LogP contribution in [0, 0.1) is 13.7 Å². The number of nitrogens with zero attached hydrogens (tertiary/aromatic N) is 2. The third-order valence-electron chi connectivity index (χ3n) is 3.62. The Labute approximate surface area is 181 Å². The van der Waals surface area contributed by atoms with Crippen molar-refractivity contribution in [2.24, 2.45) is 5.10 Å². The normalized spacial score (nSPS) is 11.1. The van der Waals surface area contributed by atoms with Crippen LogP contribution in [-0.4, -0.2) is 23.7 Å². The molecular weight excluding hydrogens is 545 g/mol. The summed E-state index contributed by atoms with van der Waals surface area (Å²) < 4.78 is 12.7. The van der Waals surface area contributed by atoms with Crippen molar-refractivity contribution in [2.45, 2.75) is 6.92 Å². The highest BCUT2D eigenvalue weighted by Crippen LogP contribution is 2.31. The van der Waals surface area contributed by atoms with Gasteiger partial charge in [0.2, 0.25) is 0 Å². The molecular formula is C18H13BrIN3O5. The maximum Gasteiger partial charge on any atom is 0.307 e. The van der Waals surface area contributed by atoms with Crippen LogP contribution < -0.4 is 10.2 Å². The number of hydrazone groups is 1. The SMILES string of the molecule is CCOc1c(Br)cc(/C=N/NC(=O)c2cc3cc([N+](=O)[O-])ccc3o2)cc1I. The fraction of sp³-hybridized carbons (Fsp3) is 0.111. The first-order valence-electron chi connectivity index (χ1n) is 8.02. The van der Waals surface area contributed by atoms with E-state index < -0.39 is 10.8 Å². The van der Waals surface area contributed by atoms with E-state index >= 15 is 0 Å². The van der Waals surface area contributed by atoms with Gasteiger partial charge in [-0.3, -0.25) is 14.9 Å². The Kier molecular flexibility index (Phi) is 6.29. The highest BCUT2D eigenvalue weighted by Gasteiger charge is 2.14. The number of nitro groups is 1. The van der Waals surface area contributed by atoms with Gasteiger partial charge in [-0.15, -0.1) is 0 Å². The molecule has 10 heteroatoms. The second-order valence-electron chi connectivity index (χ2n) is 5.54. The van der Waals surface area contributed by atoms with Gasteiger partial charge in [0.05, 0.1) is 25.8 Å². The van der Waals surface area contributed by atoms with Crippen molar-refractivity contribution in [1.29, 1.82) is 0 Å². The molecule has 1 heterocycles. The van der Waals surface area contributed by atoms with Crippen molar-refractivity contribution < 1.29 is 18.9 Å². The quantitative estimate of drug-likeness (QED) is 0.201. The first kappa shape index (κ1) is 20.3. The molecule has 0 radical (unpaired) electrons. The Morgan fingerprint density at radius 2 is 2.18 bits per heavy atom. The Morgan fingerprint density at radius 3 is 2.86 bits per heavy atom. The second-order valence-corrected chi connectivity index (χ2v) is 7.55. The Balaban J connectivity index is 1.73. The number of hydrogen-bond donors (Lipinski definition) is 1. The fourth-order valence-electron chi connectivity index (χ4n) is 2.41. The number of carbonyl (C=O) groups is 1. The van der Waals surface area contributed by atoms with Crippen molar-refractivity contribution in [3.8, 4) is 5.75 Å². The number of carbonyl (C=O) groups excluding carboxylic acids is 1. The molecule has 0 spiro atoms. The summed E-state index contributed by atoms with van der Waals surface area (Å²) in [6.07, 6.45) is 1.49. The Bertz CT molecular complexity index is 1070. The van der Waals surface area contributed by atoms with E-state index in [1.54, 1.807) is 0 Å². The van der Waals surface area contributed by atoms with Crippen LogP contribution in [0.15, 0.2) is 50.4 Å². The van der Waals surface area contributed by atoms with E-state index in [1.807, 2.05) is 19.1 Å². The molecule has 0 aliphatic carbocycles. The van der Waals surface area contributed by atoms with E-state index in [9.17, 15) is 14.9 Å². The van der Waals surface area contributed by atoms with E-state index in [0.717, 1.165) is 19.4 Å². The molecule has 0 unspecified atom stereocenters. The van der Waals surface area contributed by atoms with Gasteiger partial charge in [0.15, 0.2) is 5.76 Å². The van der Waals surface area contributed by atoms with Crippen LogP contribution in [0.4, 0.5) is 5.69 Å². The van der Waals surface area contributed by atoms with E-state index in [1.165, 1.54) is 30.5 Å². The van der Waals surface area contributed by atoms with Crippen molar-refractivity contribution >= 4 is 67.3 Å². The van der Waals surface area contributed by atoms with Crippen molar-refractivity contribution in [3.63, 3.8) is 0 Å². The minimum Gasteiger partial charge on any atom is -0.492 e. The van der Waals surface area contributed by atoms with Gasteiger partial charge in [0.1, 0.15) is 11.3 Å². The number of nitrogens with one attached hydrogen (secondary N) is 1. The Morgan fingerprint density at radius 1 is 1.39 bits per heavy atom. The second kappa shape index (κ2) is 8.69. The topological polar surface area (TPSA) is 107 Å². The molecule has 0 atom stereocenters. The van der Waals surface area contributed by atoms with E-state index in [-0.39, 0.29) is 11.4 Å². The maximum absolute atomic E-state index is 12.2. The van der Waals surface area contributed by atoms with E-state index in [0.29, 0.717) is 17.6 Å². The van der Waals surface area contributed by atoms with Crippen LogP contribution in [0.25, 0.3) is 11.0 Å². The van der Waals surface area contributed by atoms with Crippen LogP contribution in [-0.2, 0) is 0 Å². The first-order chi connectivity index (χ1) is 13.4. The number of benzene rings is 2. The summed E-state index contributed by atoms with van der Waals surface area (Å²) in [6, 6.07) is 9.24. The molecule has 0 aliphatic rings. The van der Waals surface area contributed by atoms with Crippen molar-refractivity contribution in [2.75, 3.05) is 6.61 Å². The largest absolute Gasteiger partial charge is 0.492 e. The zero-order valence-corrected chi connectivity index (χ0v) is 18.2. The molecule has 2 aromatic carbocycles. The summed E-state index contributed by atoms with van der Waals surface area (Å²) in [5.41, 5.74) is 3.45. The van der Waals surface area contributed by atoms with Gasteiger partial charge in [0.25, 0.3) is 5.69 Å². The molecule has 0 aliphatic heterocycles. The maximum atomic E-state index is 12.2. The minimum atomic E-state index is -0.560. The van der Waals surface area contributed by atoms with Gasteiger partial charge in [-0.1, -0.05) is 0 Å². The highest BCUT2D eigenvalue weighted by atomic mass is 127. The molecule has 1 amide bonds. The molecule has 8 nitrogen and oxygen atoms in total. The number of hydrogen-bond acceptors (Lipinski definition) is 6. The van der Waals surface area contributed by atoms with Crippen LogP contribution in [0.5, 0.6) is 5.75 Å². The summed E-state index contributed by atoms with van der Waals surface area (Å²) in [4.78, 5) is 22.5. The average Bonchev–Trinajstić information content (AvgIpc) is 3.08. The van der Waals surface area contributed by atoms with Crippen LogP contribution >= 0.6 is 38.5 Å². The Hall–Kier alpha value is -2.47. The summed E-state index contributed by atoms with van der Waals surface area (Å²) in [7, 11) is 0. The van der Waals surface area contributed by atoms with Gasteiger partial charge in [-0.2, -0.15) is 5.10 Å². The number of rotatable bonds is 6. The minimum absolute atomic E-state index is 0.00935. The number of furan rings is 1. The van der Waals surface area contributed by atoms with Gasteiger partial charge < -0.3 is 9.15 Å². The lowest BCUT2D eigenvalue weighted by atomic mass is 10.2. The fourth-order valence-corrected chi connectivity index (χ4v) is 4.18. The smallest absolute Gasteiger partial charge is 0.307 e. The molecule has 1 aromatic heterocycles. The number of non-ortho nitro benzene ring substituents is 1. The zero-order chi connectivity index (χ0) is 20.3. The number of halogens is 2. The van der Waals surface area contributed by atoms with Gasteiger partial charge in [-0.25, -0.2) is 5.43 Å². The number of nitro benzene ring substituents is 1. The monoisotopic (exact) mass is 557 g/mol. The molecule has 0 bridgehead atoms.